The maximum Gasteiger partial charge on any atom is 0.0908 e. The first kappa shape index (κ1) is 12.2. The Bertz CT molecular complexity index is 571. The lowest BCUT2D eigenvalue weighted by Crippen LogP contribution is -2.05. The maximum absolute atomic E-state index is 6.07. The van der Waals surface area contributed by atoms with Crippen molar-refractivity contribution in [1.29, 1.82) is 0 Å². The van der Waals surface area contributed by atoms with Gasteiger partial charge in [-0.25, -0.2) is 0 Å². The minimum Gasteiger partial charge on any atom is -0.396 e. The Morgan fingerprint density at radius 2 is 2.26 bits per heavy atom. The number of nitrogens with two attached hydrogens (primary N) is 1. The Kier molecular flexibility index (Phi) is 3.25. The zero-order valence-electron chi connectivity index (χ0n) is 11.2. The molecule has 1 aliphatic rings. The van der Waals surface area contributed by atoms with Crippen molar-refractivity contribution >= 4 is 5.69 Å². The van der Waals surface area contributed by atoms with E-state index < -0.39 is 0 Å². The van der Waals surface area contributed by atoms with Crippen LogP contribution in [0.2, 0.25) is 0 Å². The minimum atomic E-state index is 0.359. The highest BCUT2D eigenvalue weighted by atomic mass is 16.5. The molecule has 1 unspecified atom stereocenters. The van der Waals surface area contributed by atoms with E-state index in [0.29, 0.717) is 5.92 Å². The van der Waals surface area contributed by atoms with Crippen molar-refractivity contribution in [3.05, 3.63) is 47.3 Å². The second-order valence-corrected chi connectivity index (χ2v) is 5.15. The number of anilines is 1. The fraction of sp³-hybridized carbons (Fsp3) is 0.400. The molecule has 2 N–H and O–H groups in total. The van der Waals surface area contributed by atoms with Crippen LogP contribution in [-0.2, 0) is 11.3 Å². The van der Waals surface area contributed by atoms with Crippen molar-refractivity contribution in [2.24, 2.45) is 0 Å². The molecule has 0 amide bonds. The van der Waals surface area contributed by atoms with E-state index in [4.69, 9.17) is 10.5 Å². The Labute approximate surface area is 113 Å². The summed E-state index contributed by atoms with van der Waals surface area (Å²) in [6, 6.07) is 8.36. The second-order valence-electron chi connectivity index (χ2n) is 5.15. The lowest BCUT2D eigenvalue weighted by molar-refractivity contribution is 0.193. The van der Waals surface area contributed by atoms with Crippen LogP contribution < -0.4 is 5.73 Å². The van der Waals surface area contributed by atoms with E-state index in [1.165, 1.54) is 11.1 Å². The number of benzene rings is 1. The summed E-state index contributed by atoms with van der Waals surface area (Å²) < 4.78 is 7.34. The molecule has 1 fully saturated rings. The number of aryl methyl sites for hydroxylation is 1. The van der Waals surface area contributed by atoms with Gasteiger partial charge in [0.15, 0.2) is 0 Å². The van der Waals surface area contributed by atoms with Crippen LogP contribution in [0.1, 0.15) is 29.2 Å². The highest BCUT2D eigenvalue weighted by molar-refractivity contribution is 5.43. The minimum absolute atomic E-state index is 0.359. The Morgan fingerprint density at radius 1 is 1.42 bits per heavy atom. The Hall–Kier alpha value is -1.81. The van der Waals surface area contributed by atoms with Gasteiger partial charge in [0.1, 0.15) is 0 Å². The summed E-state index contributed by atoms with van der Waals surface area (Å²) in [7, 11) is 0. The number of rotatable bonds is 3. The molecule has 1 aromatic heterocycles. The van der Waals surface area contributed by atoms with Crippen molar-refractivity contribution in [2.75, 3.05) is 18.9 Å². The number of nitrogen functional groups attached to an aromatic ring is 1. The van der Waals surface area contributed by atoms with Gasteiger partial charge in [0.25, 0.3) is 0 Å². The van der Waals surface area contributed by atoms with Crippen molar-refractivity contribution < 1.29 is 4.74 Å². The molecule has 3 rings (SSSR count). The molecule has 0 bridgehead atoms. The molecule has 19 heavy (non-hydrogen) atoms. The molecule has 0 saturated carbocycles. The largest absolute Gasteiger partial charge is 0.396 e. The first-order valence-corrected chi connectivity index (χ1v) is 6.69. The van der Waals surface area contributed by atoms with Crippen LogP contribution in [0.5, 0.6) is 0 Å². The smallest absolute Gasteiger partial charge is 0.0908 e. The maximum atomic E-state index is 6.07. The standard InChI is InChI=1S/C15H19N3O/c1-11-4-2-3-5-12(11)8-18-9-14(16)15(17-18)13-6-7-19-10-13/h2-5,9,13H,6-8,10,16H2,1H3. The molecule has 2 heterocycles. The van der Waals surface area contributed by atoms with E-state index in [0.717, 1.165) is 37.6 Å². The number of aromatic nitrogens is 2. The fourth-order valence-electron chi connectivity index (χ4n) is 2.56. The molecule has 1 saturated heterocycles. The van der Waals surface area contributed by atoms with Crippen LogP contribution in [0.3, 0.4) is 0 Å². The van der Waals surface area contributed by atoms with Crippen LogP contribution in [0.4, 0.5) is 5.69 Å². The normalized spacial score (nSPS) is 18.9. The number of hydrogen-bond donors (Lipinski definition) is 1. The van der Waals surface area contributed by atoms with Gasteiger partial charge in [-0.05, 0) is 24.5 Å². The zero-order chi connectivity index (χ0) is 13.2. The third kappa shape index (κ3) is 2.49. The molecule has 4 heteroatoms. The van der Waals surface area contributed by atoms with Gasteiger partial charge in [-0.2, -0.15) is 5.10 Å². The SMILES string of the molecule is Cc1ccccc1Cn1cc(N)c(C2CCOC2)n1. The predicted molar refractivity (Wildman–Crippen MR) is 75.1 cm³/mol. The van der Waals surface area contributed by atoms with E-state index in [1.54, 1.807) is 0 Å². The summed E-state index contributed by atoms with van der Waals surface area (Å²) in [6.45, 7) is 4.44. The van der Waals surface area contributed by atoms with Gasteiger partial charge in [0, 0.05) is 18.7 Å². The Morgan fingerprint density at radius 3 is 3.00 bits per heavy atom. The predicted octanol–water partition coefficient (Wildman–Crippen LogP) is 2.33. The van der Waals surface area contributed by atoms with Gasteiger partial charge in [-0.15, -0.1) is 0 Å². The van der Waals surface area contributed by atoms with E-state index in [2.05, 4.69) is 36.3 Å². The van der Waals surface area contributed by atoms with Crippen LogP contribution in [0.15, 0.2) is 30.5 Å². The molecular weight excluding hydrogens is 238 g/mol. The van der Waals surface area contributed by atoms with Crippen LogP contribution in [0, 0.1) is 6.92 Å². The summed E-state index contributed by atoms with van der Waals surface area (Å²) in [4.78, 5) is 0. The number of nitrogens with zero attached hydrogens (tertiary/aromatic N) is 2. The molecule has 2 aromatic rings. The summed E-state index contributed by atoms with van der Waals surface area (Å²) >= 11 is 0. The summed E-state index contributed by atoms with van der Waals surface area (Å²) in [5.74, 6) is 0.359. The van der Waals surface area contributed by atoms with Gasteiger partial charge >= 0.3 is 0 Å². The summed E-state index contributed by atoms with van der Waals surface area (Å²) in [5.41, 5.74) is 10.4. The molecule has 1 aliphatic heterocycles. The fourth-order valence-corrected chi connectivity index (χ4v) is 2.56. The average Bonchev–Trinajstić information content (AvgIpc) is 3.01. The molecular formula is C15H19N3O. The Balaban J connectivity index is 1.82. The van der Waals surface area contributed by atoms with Crippen molar-refractivity contribution in [2.45, 2.75) is 25.8 Å². The molecule has 0 radical (unpaired) electrons. The van der Waals surface area contributed by atoms with Crippen LogP contribution in [-0.4, -0.2) is 23.0 Å². The third-order valence-electron chi connectivity index (χ3n) is 3.73. The lowest BCUT2D eigenvalue weighted by atomic mass is 10.0. The average molecular weight is 257 g/mol. The van der Waals surface area contributed by atoms with Crippen molar-refractivity contribution in [1.82, 2.24) is 9.78 Å². The summed E-state index contributed by atoms with van der Waals surface area (Å²) in [5, 5.41) is 4.64. The van der Waals surface area contributed by atoms with Gasteiger partial charge in [0.2, 0.25) is 0 Å². The molecule has 100 valence electrons. The lowest BCUT2D eigenvalue weighted by Gasteiger charge is -2.06. The van der Waals surface area contributed by atoms with Gasteiger partial charge in [-0.1, -0.05) is 24.3 Å². The molecule has 0 spiro atoms. The highest BCUT2D eigenvalue weighted by Gasteiger charge is 2.23. The van der Waals surface area contributed by atoms with E-state index >= 15 is 0 Å². The zero-order valence-corrected chi connectivity index (χ0v) is 11.2. The monoisotopic (exact) mass is 257 g/mol. The molecule has 1 aromatic carbocycles. The molecule has 4 nitrogen and oxygen atoms in total. The number of ether oxygens (including phenoxy) is 1. The molecule has 1 atom stereocenters. The van der Waals surface area contributed by atoms with E-state index in [-0.39, 0.29) is 0 Å². The van der Waals surface area contributed by atoms with Crippen LogP contribution >= 0.6 is 0 Å². The van der Waals surface area contributed by atoms with E-state index in [1.807, 2.05) is 10.9 Å². The highest BCUT2D eigenvalue weighted by Crippen LogP contribution is 2.28. The quantitative estimate of drug-likeness (QED) is 0.918. The van der Waals surface area contributed by atoms with Gasteiger partial charge in [0.05, 0.1) is 24.5 Å². The number of hydrogen-bond acceptors (Lipinski definition) is 3. The van der Waals surface area contributed by atoms with Crippen molar-refractivity contribution in [3.8, 4) is 0 Å². The van der Waals surface area contributed by atoms with E-state index in [9.17, 15) is 0 Å². The topological polar surface area (TPSA) is 53.1 Å². The first-order chi connectivity index (χ1) is 9.24. The van der Waals surface area contributed by atoms with Crippen LogP contribution in [0.25, 0.3) is 0 Å². The van der Waals surface area contributed by atoms with Gasteiger partial charge in [-0.3, -0.25) is 4.68 Å². The molecule has 0 aliphatic carbocycles. The van der Waals surface area contributed by atoms with Gasteiger partial charge < -0.3 is 10.5 Å². The summed E-state index contributed by atoms with van der Waals surface area (Å²) in [6.07, 6.45) is 2.95. The second kappa shape index (κ2) is 5.05. The third-order valence-corrected chi connectivity index (χ3v) is 3.73. The first-order valence-electron chi connectivity index (χ1n) is 6.69. The van der Waals surface area contributed by atoms with Crippen molar-refractivity contribution in [3.63, 3.8) is 0 Å².